The fourth-order valence-electron chi connectivity index (χ4n) is 5.06. The number of aryl methyl sites for hydroxylation is 1. The number of hydrogen-bond acceptors (Lipinski definition) is 7. The summed E-state index contributed by atoms with van der Waals surface area (Å²) in [6.45, 7) is 1.79. The van der Waals surface area contributed by atoms with Crippen LogP contribution in [0.1, 0.15) is 36.5 Å². The summed E-state index contributed by atoms with van der Waals surface area (Å²) in [5, 5.41) is 19.1. The number of benzene rings is 3. The van der Waals surface area contributed by atoms with Crippen LogP contribution in [0, 0.1) is 0 Å². The van der Waals surface area contributed by atoms with E-state index in [-0.39, 0.29) is 33.4 Å². The molecule has 0 amide bonds. The fourth-order valence-corrected chi connectivity index (χ4v) is 6.67. The third-order valence-corrected chi connectivity index (χ3v) is 8.78. The van der Waals surface area contributed by atoms with Crippen LogP contribution in [0.15, 0.2) is 87.7 Å². The van der Waals surface area contributed by atoms with Gasteiger partial charge in [0.1, 0.15) is 16.2 Å². The average Bonchev–Trinajstić information content (AvgIpc) is 2.88. The summed E-state index contributed by atoms with van der Waals surface area (Å²) in [4.78, 5) is 13.8. The maximum absolute atomic E-state index is 14.1. The number of nitrogens with two attached hydrogens (primary N) is 1. The fraction of sp³-hybridized carbons (Fsp3) is 0.185. The number of Topliss-reactive ketones (excluding diaryl/α,β-unsaturated/α-hetero) is 1. The number of aliphatic hydroxyl groups excluding tert-OH is 1. The molecular weight excluding hydrogens is 540 g/mol. The van der Waals surface area contributed by atoms with Crippen LogP contribution in [-0.4, -0.2) is 33.6 Å². The van der Waals surface area contributed by atoms with Crippen LogP contribution >= 0.6 is 0 Å². The van der Waals surface area contributed by atoms with E-state index in [0.29, 0.717) is 24.0 Å². The molecule has 0 radical (unpaired) electrons. The molecule has 0 fully saturated rings. The molecule has 0 bridgehead atoms. The summed E-state index contributed by atoms with van der Waals surface area (Å²) in [5.74, 6) is -1.13. The molecule has 1 heterocycles. The number of ketones is 1. The van der Waals surface area contributed by atoms with Crippen molar-refractivity contribution in [3.8, 4) is 0 Å². The Morgan fingerprint density at radius 2 is 1.74 bits per heavy atom. The van der Waals surface area contributed by atoms with Crippen LogP contribution in [0.3, 0.4) is 0 Å². The number of fused-ring (bicyclic) bond motifs is 2. The first-order valence-corrected chi connectivity index (χ1v) is 15.1. The standard InChI is InChI=1S/C27H26N4O6S2/c1-27(15-7-10-17-8-3-2-4-9-17)20-12-6-5-11-19(20)24(32)23(25(27)33)26-29-21-14-13-18(30-39(28,36)37)16-22(21)38(34,35)31-26/h2-6,8-9,11-14,16,30,32H,7,10,15H2,1H3,(H,29,31)(H2,28,36,37). The molecule has 1 aliphatic carbocycles. The largest absolute Gasteiger partial charge is 0.506 e. The molecule has 0 saturated carbocycles. The second-order valence-corrected chi connectivity index (χ2v) is 12.5. The van der Waals surface area contributed by atoms with Gasteiger partial charge in [-0.3, -0.25) is 9.52 Å². The normalized spacial score (nSPS) is 19.9. The number of rotatable bonds is 7. The molecule has 5 rings (SSSR count). The van der Waals surface area contributed by atoms with Gasteiger partial charge in [-0.05, 0) is 55.5 Å². The molecule has 1 aliphatic heterocycles. The zero-order valence-electron chi connectivity index (χ0n) is 20.9. The van der Waals surface area contributed by atoms with Gasteiger partial charge in [-0.25, -0.2) is 5.14 Å². The zero-order chi connectivity index (χ0) is 28.0. The smallest absolute Gasteiger partial charge is 0.296 e. The van der Waals surface area contributed by atoms with E-state index in [4.69, 9.17) is 5.14 Å². The van der Waals surface area contributed by atoms with Crippen molar-refractivity contribution >= 4 is 49.0 Å². The number of amidine groups is 1. The molecule has 5 N–H and O–H groups in total. The van der Waals surface area contributed by atoms with Crippen molar-refractivity contribution in [1.29, 1.82) is 0 Å². The van der Waals surface area contributed by atoms with Crippen molar-refractivity contribution in [3.05, 3.63) is 95.1 Å². The van der Waals surface area contributed by atoms with Crippen molar-refractivity contribution in [2.24, 2.45) is 9.54 Å². The third kappa shape index (κ3) is 5.05. The number of nitrogens with zero attached hydrogens (tertiary/aromatic N) is 1. The molecule has 39 heavy (non-hydrogen) atoms. The molecule has 0 saturated heterocycles. The van der Waals surface area contributed by atoms with E-state index in [0.717, 1.165) is 18.1 Å². The van der Waals surface area contributed by atoms with Crippen molar-refractivity contribution in [1.82, 2.24) is 0 Å². The number of nitrogens with one attached hydrogen (secondary N) is 2. The highest BCUT2D eigenvalue weighted by Gasteiger charge is 2.46. The van der Waals surface area contributed by atoms with Crippen molar-refractivity contribution in [2.75, 3.05) is 10.0 Å². The van der Waals surface area contributed by atoms with Gasteiger partial charge in [0.2, 0.25) is 0 Å². The van der Waals surface area contributed by atoms with Crippen LogP contribution in [-0.2, 0) is 36.9 Å². The Balaban J connectivity index is 1.54. The van der Waals surface area contributed by atoms with Gasteiger partial charge < -0.3 is 10.4 Å². The minimum Gasteiger partial charge on any atom is -0.506 e. The monoisotopic (exact) mass is 566 g/mol. The summed E-state index contributed by atoms with van der Waals surface area (Å²) in [6.07, 6.45) is 1.87. The lowest BCUT2D eigenvalue weighted by Gasteiger charge is -2.36. The van der Waals surface area contributed by atoms with Gasteiger partial charge in [0.15, 0.2) is 11.6 Å². The van der Waals surface area contributed by atoms with Gasteiger partial charge >= 0.3 is 0 Å². The molecule has 202 valence electrons. The molecule has 10 nitrogen and oxygen atoms in total. The molecule has 0 spiro atoms. The number of carbonyl (C=O) groups excluding carboxylic acids is 1. The summed E-state index contributed by atoms with van der Waals surface area (Å²) in [5.41, 5.74) is 0.932. The van der Waals surface area contributed by atoms with Crippen molar-refractivity contribution in [3.63, 3.8) is 0 Å². The first kappa shape index (κ1) is 26.6. The van der Waals surface area contributed by atoms with Crippen LogP contribution in [0.5, 0.6) is 0 Å². The van der Waals surface area contributed by atoms with E-state index < -0.39 is 31.4 Å². The number of hydrogen-bond donors (Lipinski definition) is 4. The Labute approximate surface area is 226 Å². The van der Waals surface area contributed by atoms with E-state index >= 15 is 0 Å². The predicted octanol–water partition coefficient (Wildman–Crippen LogP) is 3.65. The minimum atomic E-state index is -4.38. The first-order valence-electron chi connectivity index (χ1n) is 12.1. The van der Waals surface area contributed by atoms with Gasteiger partial charge in [-0.2, -0.15) is 16.8 Å². The lowest BCUT2D eigenvalue weighted by atomic mass is 9.67. The minimum absolute atomic E-state index is 0.0673. The lowest BCUT2D eigenvalue weighted by molar-refractivity contribution is -0.120. The third-order valence-electron chi connectivity index (χ3n) is 6.95. The van der Waals surface area contributed by atoms with Crippen LogP contribution < -0.4 is 15.2 Å². The lowest BCUT2D eigenvalue weighted by Crippen LogP contribution is -2.42. The van der Waals surface area contributed by atoms with Gasteiger partial charge in [0, 0.05) is 5.56 Å². The van der Waals surface area contributed by atoms with Crippen LogP contribution in [0.25, 0.3) is 5.76 Å². The number of sulfonamides is 1. The summed E-state index contributed by atoms with van der Waals surface area (Å²) >= 11 is 0. The Hall–Kier alpha value is -4.00. The Morgan fingerprint density at radius 3 is 2.46 bits per heavy atom. The highest BCUT2D eigenvalue weighted by Crippen LogP contribution is 2.44. The molecule has 0 aromatic heterocycles. The Bertz CT molecular complexity index is 1770. The summed E-state index contributed by atoms with van der Waals surface area (Å²) in [7, 11) is -8.52. The van der Waals surface area contributed by atoms with E-state index in [1.165, 1.54) is 12.1 Å². The van der Waals surface area contributed by atoms with E-state index in [1.807, 2.05) is 35.1 Å². The first-order chi connectivity index (χ1) is 18.4. The van der Waals surface area contributed by atoms with Gasteiger partial charge in [-0.15, -0.1) is 4.40 Å². The number of carbonyl (C=O) groups is 1. The van der Waals surface area contributed by atoms with Crippen molar-refractivity contribution in [2.45, 2.75) is 36.5 Å². The number of aliphatic hydroxyl groups is 1. The topological polar surface area (TPSA) is 168 Å². The van der Waals surface area contributed by atoms with Crippen molar-refractivity contribution < 1.29 is 26.7 Å². The van der Waals surface area contributed by atoms with E-state index in [9.17, 15) is 26.7 Å². The van der Waals surface area contributed by atoms with Gasteiger partial charge in [0.05, 0.1) is 16.8 Å². The van der Waals surface area contributed by atoms with Gasteiger partial charge in [0.25, 0.3) is 20.2 Å². The molecule has 3 aromatic carbocycles. The summed E-state index contributed by atoms with van der Waals surface area (Å²) < 4.78 is 54.9. The number of anilines is 2. The van der Waals surface area contributed by atoms with E-state index in [1.54, 1.807) is 31.2 Å². The van der Waals surface area contributed by atoms with Gasteiger partial charge in [-0.1, -0.05) is 54.6 Å². The quantitative estimate of drug-likeness (QED) is 0.338. The average molecular weight is 567 g/mol. The second-order valence-electron chi connectivity index (χ2n) is 9.67. The molecule has 3 aromatic rings. The molecule has 12 heteroatoms. The molecular formula is C27H26N4O6S2. The van der Waals surface area contributed by atoms with E-state index in [2.05, 4.69) is 9.71 Å². The molecule has 1 atom stereocenters. The highest BCUT2D eigenvalue weighted by atomic mass is 32.2. The molecule has 1 unspecified atom stereocenters. The zero-order valence-corrected chi connectivity index (χ0v) is 22.5. The Morgan fingerprint density at radius 1 is 1.05 bits per heavy atom. The highest BCUT2D eigenvalue weighted by molar-refractivity contribution is 7.91. The molecule has 2 aliphatic rings. The Kier molecular flexibility index (Phi) is 6.57. The maximum atomic E-state index is 14.1. The van der Waals surface area contributed by atoms with Crippen LogP contribution in [0.2, 0.25) is 0 Å². The predicted molar refractivity (Wildman–Crippen MR) is 149 cm³/mol. The van der Waals surface area contributed by atoms with Crippen LogP contribution in [0.4, 0.5) is 11.4 Å². The SMILES string of the molecule is CC1(CCCc2ccccc2)C(=O)C(C2=NS(=O)(=O)c3cc(NS(N)(=O)=O)ccc3N2)=C(O)c2ccccc21. The summed E-state index contributed by atoms with van der Waals surface area (Å²) in [6, 6.07) is 20.6. The second kappa shape index (κ2) is 9.63. The maximum Gasteiger partial charge on any atom is 0.296 e.